The Morgan fingerprint density at radius 2 is 1.91 bits per heavy atom. The molecule has 0 spiro atoms. The third-order valence-electron chi connectivity index (χ3n) is 6.75. The molecule has 0 radical (unpaired) electrons. The van der Waals surface area contributed by atoms with Crippen molar-refractivity contribution in [3.05, 3.63) is 52.6 Å². The van der Waals surface area contributed by atoms with Gasteiger partial charge < -0.3 is 19.6 Å². The van der Waals surface area contributed by atoms with Gasteiger partial charge in [-0.1, -0.05) is 29.8 Å². The number of likely N-dealkylation sites (tertiary alicyclic amines) is 1. The Morgan fingerprint density at radius 3 is 2.66 bits per heavy atom. The fourth-order valence-electron chi connectivity index (χ4n) is 5.01. The first kappa shape index (κ1) is 27.0. The van der Waals surface area contributed by atoms with E-state index in [2.05, 4.69) is 51.1 Å². The van der Waals surface area contributed by atoms with Gasteiger partial charge in [-0.15, -0.1) is 0 Å². The summed E-state index contributed by atoms with van der Waals surface area (Å²) in [5.74, 6) is 0.225. The number of piperidine rings is 1. The Labute approximate surface area is 210 Å². The Morgan fingerprint density at radius 1 is 1.17 bits per heavy atom. The highest BCUT2D eigenvalue weighted by Crippen LogP contribution is 2.35. The predicted octanol–water partition coefficient (Wildman–Crippen LogP) is 5.82. The number of fused-ring (bicyclic) bond motifs is 1. The summed E-state index contributed by atoms with van der Waals surface area (Å²) in [4.78, 5) is 20.0. The average Bonchev–Trinajstić information content (AvgIpc) is 2.82. The number of phenols is 1. The SMILES string of the molecule is CCc1cc(O)cc2c1C(C)(C)OCC/C=C/CC/C(C)=C/C(=N/OCC(=O)N1CCCCC1)C2. The normalized spacial score (nSPS) is 23.0. The number of amides is 1. The summed E-state index contributed by atoms with van der Waals surface area (Å²) in [6.45, 7) is 10.5. The summed E-state index contributed by atoms with van der Waals surface area (Å²) in [6.07, 6.45) is 13.7. The van der Waals surface area contributed by atoms with Gasteiger partial charge in [0.15, 0.2) is 6.61 Å². The summed E-state index contributed by atoms with van der Waals surface area (Å²) in [5, 5.41) is 14.9. The van der Waals surface area contributed by atoms with Crippen LogP contribution >= 0.6 is 0 Å². The molecule has 0 aromatic heterocycles. The second-order valence-electron chi connectivity index (χ2n) is 10.1. The van der Waals surface area contributed by atoms with Crippen LogP contribution < -0.4 is 0 Å². The largest absolute Gasteiger partial charge is 0.508 e. The molecular weight excluding hydrogens is 440 g/mol. The van der Waals surface area contributed by atoms with Gasteiger partial charge in [0.25, 0.3) is 5.91 Å². The van der Waals surface area contributed by atoms with E-state index in [-0.39, 0.29) is 18.3 Å². The zero-order valence-electron chi connectivity index (χ0n) is 21.9. The van der Waals surface area contributed by atoms with Crippen molar-refractivity contribution in [2.75, 3.05) is 26.3 Å². The molecule has 0 aliphatic carbocycles. The van der Waals surface area contributed by atoms with E-state index in [0.29, 0.717) is 13.0 Å². The molecule has 1 amide bonds. The highest BCUT2D eigenvalue weighted by Gasteiger charge is 2.28. The third-order valence-corrected chi connectivity index (χ3v) is 6.75. The number of phenolic OH excluding ortho intramolecular Hbond substituents is 1. The van der Waals surface area contributed by atoms with E-state index in [9.17, 15) is 9.90 Å². The lowest BCUT2D eigenvalue weighted by molar-refractivity contribution is -0.137. The molecule has 0 unspecified atom stereocenters. The van der Waals surface area contributed by atoms with Gasteiger partial charge in [-0.3, -0.25) is 4.79 Å². The van der Waals surface area contributed by atoms with Crippen molar-refractivity contribution < 1.29 is 19.5 Å². The molecule has 1 fully saturated rings. The first-order chi connectivity index (χ1) is 16.8. The minimum Gasteiger partial charge on any atom is -0.508 e. The zero-order chi connectivity index (χ0) is 25.3. The number of hydrogen-bond acceptors (Lipinski definition) is 5. The van der Waals surface area contributed by atoms with Gasteiger partial charge in [-0.05, 0) is 101 Å². The van der Waals surface area contributed by atoms with E-state index in [4.69, 9.17) is 9.57 Å². The van der Waals surface area contributed by atoms with Gasteiger partial charge in [-0.2, -0.15) is 0 Å². The number of carbonyl (C=O) groups is 1. The third kappa shape index (κ3) is 7.96. The lowest BCUT2D eigenvalue weighted by atomic mass is 9.85. The molecule has 2 aliphatic rings. The van der Waals surface area contributed by atoms with Gasteiger partial charge in [0.05, 0.1) is 17.9 Å². The summed E-state index contributed by atoms with van der Waals surface area (Å²) in [6, 6.07) is 3.64. The molecule has 1 aromatic rings. The average molecular weight is 483 g/mol. The number of ether oxygens (including phenoxy) is 1. The van der Waals surface area contributed by atoms with Crippen molar-refractivity contribution in [1.82, 2.24) is 4.90 Å². The Hall–Kier alpha value is -2.60. The standard InChI is InChI=1S/C29H42N2O4/c1-5-23-19-26(32)20-24-18-25(30-35-21-27(33)31-14-10-8-11-15-31)17-22(2)13-9-6-7-12-16-34-29(3,4)28(23)24/h6-7,17,19-20,32H,5,8-16,18,21H2,1-4H3/b7-6+,22-17+,30-25-. The fraction of sp³-hybridized carbons (Fsp3) is 0.586. The van der Waals surface area contributed by atoms with E-state index in [0.717, 1.165) is 74.0 Å². The molecular formula is C29H42N2O4. The van der Waals surface area contributed by atoms with Crippen molar-refractivity contribution in [3.63, 3.8) is 0 Å². The quantitative estimate of drug-likeness (QED) is 0.434. The molecule has 1 aromatic carbocycles. The smallest absolute Gasteiger partial charge is 0.263 e. The number of allylic oxidation sites excluding steroid dienone is 3. The summed E-state index contributed by atoms with van der Waals surface area (Å²) in [7, 11) is 0. The molecule has 192 valence electrons. The topological polar surface area (TPSA) is 71.4 Å². The van der Waals surface area contributed by atoms with Crippen LogP contribution in [-0.2, 0) is 32.8 Å². The summed E-state index contributed by atoms with van der Waals surface area (Å²) in [5.41, 5.74) is 4.52. The van der Waals surface area contributed by atoms with Gasteiger partial charge >= 0.3 is 0 Å². The van der Waals surface area contributed by atoms with Crippen LogP contribution in [0, 0.1) is 0 Å². The minimum absolute atomic E-state index is 0.0124. The lowest BCUT2D eigenvalue weighted by Crippen LogP contribution is -2.37. The van der Waals surface area contributed by atoms with Crippen LogP contribution in [0.2, 0.25) is 0 Å². The van der Waals surface area contributed by atoms with Crippen LogP contribution in [0.4, 0.5) is 0 Å². The predicted molar refractivity (Wildman–Crippen MR) is 141 cm³/mol. The maximum Gasteiger partial charge on any atom is 0.263 e. The molecule has 1 saturated heterocycles. The highest BCUT2D eigenvalue weighted by atomic mass is 16.6. The van der Waals surface area contributed by atoms with Crippen LogP contribution in [-0.4, -0.2) is 47.9 Å². The van der Waals surface area contributed by atoms with Crippen molar-refractivity contribution in [2.45, 2.75) is 84.7 Å². The molecule has 2 heterocycles. The number of aryl methyl sites for hydroxylation is 1. The summed E-state index contributed by atoms with van der Waals surface area (Å²) >= 11 is 0. The van der Waals surface area contributed by atoms with Crippen molar-refractivity contribution in [1.29, 1.82) is 0 Å². The molecule has 1 N–H and O–H groups in total. The number of nitrogens with zero attached hydrogens (tertiary/aromatic N) is 2. The molecule has 2 aliphatic heterocycles. The number of rotatable bonds is 4. The van der Waals surface area contributed by atoms with Gasteiger partial charge in [0, 0.05) is 19.5 Å². The van der Waals surface area contributed by atoms with Crippen LogP contribution in [0.25, 0.3) is 0 Å². The Balaban J connectivity index is 1.93. The Kier molecular flexibility index (Phi) is 9.96. The number of hydrogen-bond donors (Lipinski definition) is 1. The number of benzene rings is 1. The van der Waals surface area contributed by atoms with Crippen LogP contribution in [0.3, 0.4) is 0 Å². The number of aromatic hydroxyl groups is 1. The maximum absolute atomic E-state index is 12.6. The molecule has 6 nitrogen and oxygen atoms in total. The van der Waals surface area contributed by atoms with E-state index in [1.54, 1.807) is 0 Å². The van der Waals surface area contributed by atoms with Crippen molar-refractivity contribution in [2.24, 2.45) is 5.16 Å². The van der Waals surface area contributed by atoms with Crippen LogP contribution in [0.5, 0.6) is 5.75 Å². The van der Waals surface area contributed by atoms with Crippen molar-refractivity contribution in [3.8, 4) is 5.75 Å². The maximum atomic E-state index is 12.6. The first-order valence-corrected chi connectivity index (χ1v) is 13.1. The summed E-state index contributed by atoms with van der Waals surface area (Å²) < 4.78 is 6.35. The second kappa shape index (κ2) is 12.9. The lowest BCUT2D eigenvalue weighted by Gasteiger charge is -2.31. The van der Waals surface area contributed by atoms with Crippen LogP contribution in [0.1, 0.15) is 82.9 Å². The Bertz CT molecular complexity index is 956. The van der Waals surface area contributed by atoms with Crippen molar-refractivity contribution >= 4 is 11.6 Å². The minimum atomic E-state index is -0.527. The molecule has 35 heavy (non-hydrogen) atoms. The van der Waals surface area contributed by atoms with E-state index < -0.39 is 5.60 Å². The molecule has 0 bridgehead atoms. The second-order valence-corrected chi connectivity index (χ2v) is 10.1. The molecule has 0 atom stereocenters. The number of oxime groups is 1. The molecule has 0 saturated carbocycles. The van der Waals surface area contributed by atoms with Gasteiger partial charge in [0.2, 0.25) is 0 Å². The number of carbonyl (C=O) groups excluding carboxylic acids is 1. The fourth-order valence-corrected chi connectivity index (χ4v) is 5.01. The monoisotopic (exact) mass is 482 g/mol. The molecule has 3 rings (SSSR count). The van der Waals surface area contributed by atoms with E-state index in [1.165, 1.54) is 12.0 Å². The molecule has 6 heteroatoms. The van der Waals surface area contributed by atoms with Gasteiger partial charge in [-0.25, -0.2) is 0 Å². The van der Waals surface area contributed by atoms with E-state index >= 15 is 0 Å². The van der Waals surface area contributed by atoms with Gasteiger partial charge in [0.1, 0.15) is 5.75 Å². The highest BCUT2D eigenvalue weighted by molar-refractivity contribution is 5.97. The van der Waals surface area contributed by atoms with E-state index in [1.807, 2.05) is 17.0 Å². The van der Waals surface area contributed by atoms with Crippen LogP contribution in [0.15, 0.2) is 41.1 Å². The zero-order valence-corrected chi connectivity index (χ0v) is 21.9. The first-order valence-electron chi connectivity index (χ1n) is 13.1.